The predicted molar refractivity (Wildman–Crippen MR) is 160 cm³/mol. The van der Waals surface area contributed by atoms with Crippen molar-refractivity contribution in [2.24, 2.45) is 5.41 Å². The highest BCUT2D eigenvalue weighted by molar-refractivity contribution is 7.23. The van der Waals surface area contributed by atoms with Crippen molar-refractivity contribution < 1.29 is 14.1 Å². The van der Waals surface area contributed by atoms with Gasteiger partial charge in [0, 0.05) is 48.1 Å². The molecule has 0 bridgehead atoms. The Labute approximate surface area is 241 Å². The SMILES string of the molecule is CC(C)(C)c1cc(NC(=O)Nc2ccc(-c3cn4c(n3)sc3nc(OCCN5CCC6(CC6)C5)ccc34)cc2)no1. The Hall–Kier alpha value is -3.96. The monoisotopic (exact) mass is 571 g/mol. The van der Waals surface area contributed by atoms with E-state index in [0.717, 1.165) is 33.1 Å². The van der Waals surface area contributed by atoms with Gasteiger partial charge in [0.1, 0.15) is 17.2 Å². The number of anilines is 2. The number of ether oxygens (including phenoxy) is 1. The number of rotatable bonds is 7. The van der Waals surface area contributed by atoms with Gasteiger partial charge in [0.25, 0.3) is 0 Å². The van der Waals surface area contributed by atoms with Crippen LogP contribution in [0.4, 0.5) is 16.3 Å². The summed E-state index contributed by atoms with van der Waals surface area (Å²) in [6.45, 7) is 10.1. The van der Waals surface area contributed by atoms with Gasteiger partial charge in [-0.25, -0.2) is 14.8 Å². The topological polar surface area (TPSA) is 110 Å². The Morgan fingerprint density at radius 1 is 1.10 bits per heavy atom. The summed E-state index contributed by atoms with van der Waals surface area (Å²) in [4.78, 5) is 26.3. The van der Waals surface area contributed by atoms with Gasteiger partial charge >= 0.3 is 6.03 Å². The predicted octanol–water partition coefficient (Wildman–Crippen LogP) is 6.41. The van der Waals surface area contributed by atoms with Crippen LogP contribution in [-0.2, 0) is 5.41 Å². The third-order valence-corrected chi connectivity index (χ3v) is 8.96. The van der Waals surface area contributed by atoms with Crippen LogP contribution in [0.15, 0.2) is 53.2 Å². The van der Waals surface area contributed by atoms with Gasteiger partial charge in [0.05, 0.1) is 11.2 Å². The zero-order chi connectivity index (χ0) is 28.2. The molecule has 1 aliphatic heterocycles. The van der Waals surface area contributed by atoms with Crippen LogP contribution in [-0.4, -0.2) is 56.7 Å². The van der Waals surface area contributed by atoms with E-state index in [2.05, 4.69) is 25.1 Å². The molecule has 0 radical (unpaired) electrons. The third-order valence-electron chi connectivity index (χ3n) is 8.00. The molecule has 5 heterocycles. The number of imidazole rings is 1. The fourth-order valence-electron chi connectivity index (χ4n) is 5.36. The molecule has 11 heteroatoms. The van der Waals surface area contributed by atoms with Gasteiger partial charge in [-0.15, -0.1) is 0 Å². The molecule has 2 fully saturated rings. The minimum atomic E-state index is -0.390. The Balaban J connectivity index is 0.973. The summed E-state index contributed by atoms with van der Waals surface area (Å²) in [5.74, 6) is 1.73. The summed E-state index contributed by atoms with van der Waals surface area (Å²) < 4.78 is 13.4. The number of hydrogen-bond donors (Lipinski definition) is 2. The summed E-state index contributed by atoms with van der Waals surface area (Å²) >= 11 is 1.55. The molecule has 4 aromatic heterocycles. The first-order valence-electron chi connectivity index (χ1n) is 14.0. The lowest BCUT2D eigenvalue weighted by atomic mass is 9.93. The Morgan fingerprint density at radius 3 is 2.66 bits per heavy atom. The van der Waals surface area contributed by atoms with Crippen molar-refractivity contribution in [1.82, 2.24) is 24.4 Å². The second-order valence-electron chi connectivity index (χ2n) is 12.2. The van der Waals surface area contributed by atoms with Crippen LogP contribution in [0.5, 0.6) is 5.88 Å². The Morgan fingerprint density at radius 2 is 1.93 bits per heavy atom. The molecule has 0 atom stereocenters. The van der Waals surface area contributed by atoms with Gasteiger partial charge in [-0.05, 0) is 49.4 Å². The first-order chi connectivity index (χ1) is 19.7. The fourth-order valence-corrected chi connectivity index (χ4v) is 6.33. The normalized spacial score (nSPS) is 16.6. The minimum absolute atomic E-state index is 0.187. The van der Waals surface area contributed by atoms with Gasteiger partial charge in [0.2, 0.25) is 5.88 Å². The van der Waals surface area contributed by atoms with E-state index in [1.165, 1.54) is 32.4 Å². The highest BCUT2D eigenvalue weighted by atomic mass is 32.1. The molecule has 1 aliphatic carbocycles. The second-order valence-corrected chi connectivity index (χ2v) is 13.2. The molecule has 41 heavy (non-hydrogen) atoms. The number of nitrogens with one attached hydrogen (secondary N) is 2. The number of amides is 2. The van der Waals surface area contributed by atoms with E-state index in [4.69, 9.17) is 19.2 Å². The van der Waals surface area contributed by atoms with Gasteiger partial charge in [0.15, 0.2) is 10.8 Å². The zero-order valence-electron chi connectivity index (χ0n) is 23.4. The van der Waals surface area contributed by atoms with Crippen molar-refractivity contribution in [3.8, 4) is 17.1 Å². The summed E-state index contributed by atoms with van der Waals surface area (Å²) in [6, 6.07) is 12.9. The average Bonchev–Trinajstić information content (AvgIpc) is 3.32. The highest BCUT2D eigenvalue weighted by Crippen LogP contribution is 2.52. The molecule has 212 valence electrons. The van der Waals surface area contributed by atoms with Crippen LogP contribution in [0.2, 0.25) is 0 Å². The molecule has 2 N–H and O–H groups in total. The molecular formula is C30H33N7O3S. The number of nitrogens with zero attached hydrogens (tertiary/aromatic N) is 5. The quantitative estimate of drug-likeness (QED) is 0.232. The number of thiazole rings is 1. The molecule has 7 rings (SSSR count). The molecule has 1 saturated heterocycles. The average molecular weight is 572 g/mol. The lowest BCUT2D eigenvalue weighted by Gasteiger charge is -2.15. The number of benzene rings is 1. The van der Waals surface area contributed by atoms with E-state index in [1.807, 2.05) is 63.4 Å². The lowest BCUT2D eigenvalue weighted by Crippen LogP contribution is -2.26. The van der Waals surface area contributed by atoms with Crippen LogP contribution in [0, 0.1) is 5.41 Å². The smallest absolute Gasteiger partial charge is 0.324 e. The second kappa shape index (κ2) is 9.85. The maximum atomic E-state index is 12.4. The Kier molecular flexibility index (Phi) is 6.24. The van der Waals surface area contributed by atoms with Crippen LogP contribution in [0.1, 0.15) is 45.8 Å². The molecule has 0 unspecified atom stereocenters. The van der Waals surface area contributed by atoms with Gasteiger partial charge in [-0.3, -0.25) is 14.6 Å². The van der Waals surface area contributed by atoms with Crippen LogP contribution in [0.3, 0.4) is 0 Å². The van der Waals surface area contributed by atoms with Gasteiger partial charge < -0.3 is 14.6 Å². The maximum Gasteiger partial charge on any atom is 0.324 e. The number of fused-ring (bicyclic) bond motifs is 3. The standard InChI is InChI=1S/C30H33N7O3S/c1-29(2,3)23-16-24(35-40-23)33-27(38)31-20-6-4-19(5-7-20)21-17-37-22-8-9-25(34-26(22)41-28(37)32-21)39-15-14-36-13-12-30(18-36)10-11-30/h4-9,16-17H,10-15,18H2,1-3H3,(H2,31,33,35,38). The fraction of sp³-hybridized carbons (Fsp3) is 0.400. The zero-order valence-corrected chi connectivity index (χ0v) is 24.3. The number of carbonyl (C=O) groups excluding carboxylic acids is 1. The number of urea groups is 1. The molecule has 1 spiro atoms. The third kappa shape index (κ3) is 5.39. The summed E-state index contributed by atoms with van der Waals surface area (Å²) in [6.07, 6.45) is 6.16. The van der Waals surface area contributed by atoms with E-state index in [-0.39, 0.29) is 11.4 Å². The van der Waals surface area contributed by atoms with Crippen LogP contribution in [0.25, 0.3) is 26.6 Å². The van der Waals surface area contributed by atoms with Crippen LogP contribution >= 0.6 is 11.3 Å². The number of carbonyl (C=O) groups is 1. The Bertz CT molecular complexity index is 1730. The molecule has 1 saturated carbocycles. The van der Waals surface area contributed by atoms with E-state index < -0.39 is 0 Å². The van der Waals surface area contributed by atoms with Crippen molar-refractivity contribution in [3.63, 3.8) is 0 Å². The van der Waals surface area contributed by atoms with E-state index in [9.17, 15) is 4.79 Å². The van der Waals surface area contributed by atoms with Gasteiger partial charge in [-0.1, -0.05) is 49.4 Å². The number of aromatic nitrogens is 4. The first-order valence-corrected chi connectivity index (χ1v) is 14.8. The number of likely N-dealkylation sites (tertiary alicyclic amines) is 1. The number of hydrogen-bond acceptors (Lipinski definition) is 8. The largest absolute Gasteiger partial charge is 0.476 e. The van der Waals surface area contributed by atoms with Crippen LogP contribution < -0.4 is 15.4 Å². The van der Waals surface area contributed by atoms with E-state index in [1.54, 1.807) is 17.4 Å². The summed E-state index contributed by atoms with van der Waals surface area (Å²) in [5.41, 5.74) is 3.93. The lowest BCUT2D eigenvalue weighted by molar-refractivity contribution is 0.226. The maximum absolute atomic E-state index is 12.4. The minimum Gasteiger partial charge on any atom is -0.476 e. The molecular weight excluding hydrogens is 538 g/mol. The molecule has 2 amide bonds. The van der Waals surface area contributed by atoms with Crippen molar-refractivity contribution in [1.29, 1.82) is 0 Å². The van der Waals surface area contributed by atoms with E-state index >= 15 is 0 Å². The summed E-state index contributed by atoms with van der Waals surface area (Å²) in [7, 11) is 0. The first kappa shape index (κ1) is 26.0. The molecule has 1 aromatic carbocycles. The van der Waals surface area contributed by atoms with E-state index in [0.29, 0.717) is 35.2 Å². The molecule has 5 aromatic rings. The highest BCUT2D eigenvalue weighted by Gasteiger charge is 2.47. The van der Waals surface area contributed by atoms with Crippen molar-refractivity contribution in [2.45, 2.75) is 45.4 Å². The van der Waals surface area contributed by atoms with Gasteiger partial charge in [-0.2, -0.15) is 0 Å². The van der Waals surface area contributed by atoms with Crippen molar-refractivity contribution >= 4 is 44.2 Å². The number of pyridine rings is 1. The molecule has 10 nitrogen and oxygen atoms in total. The molecule has 2 aliphatic rings. The van der Waals surface area contributed by atoms with Crippen molar-refractivity contribution in [2.75, 3.05) is 36.9 Å². The summed E-state index contributed by atoms with van der Waals surface area (Å²) in [5, 5.41) is 9.46. The van der Waals surface area contributed by atoms with Crippen molar-refractivity contribution in [3.05, 3.63) is 54.4 Å².